The summed E-state index contributed by atoms with van der Waals surface area (Å²) in [5.74, 6) is -0.208. The Morgan fingerprint density at radius 2 is 1.74 bits per heavy atom. The van der Waals surface area contributed by atoms with Crippen LogP contribution in [0.2, 0.25) is 0 Å². The molecular formula is C15H14Br2FN. The molecule has 1 atom stereocenters. The molecule has 2 aromatic rings. The van der Waals surface area contributed by atoms with Gasteiger partial charge in [0.05, 0.1) is 0 Å². The van der Waals surface area contributed by atoms with E-state index in [1.807, 2.05) is 25.1 Å². The van der Waals surface area contributed by atoms with E-state index in [-0.39, 0.29) is 11.9 Å². The van der Waals surface area contributed by atoms with Crippen LogP contribution in [0.4, 0.5) is 4.39 Å². The van der Waals surface area contributed by atoms with Crippen molar-refractivity contribution >= 4 is 31.9 Å². The first-order valence-electron chi connectivity index (χ1n) is 5.92. The molecule has 0 aromatic heterocycles. The highest BCUT2D eigenvalue weighted by atomic mass is 79.9. The fourth-order valence-electron chi connectivity index (χ4n) is 2.03. The summed E-state index contributed by atoms with van der Waals surface area (Å²) in [4.78, 5) is 0. The van der Waals surface area contributed by atoms with Gasteiger partial charge >= 0.3 is 0 Å². The summed E-state index contributed by atoms with van der Waals surface area (Å²) in [6.07, 6.45) is 0.689. The third-order valence-electron chi connectivity index (χ3n) is 3.06. The van der Waals surface area contributed by atoms with E-state index in [2.05, 4.69) is 31.9 Å². The van der Waals surface area contributed by atoms with Gasteiger partial charge in [-0.05, 0) is 60.4 Å². The maximum absolute atomic E-state index is 13.1. The summed E-state index contributed by atoms with van der Waals surface area (Å²) in [6.45, 7) is 1.90. The van der Waals surface area contributed by atoms with Crippen molar-refractivity contribution in [3.63, 3.8) is 0 Å². The van der Waals surface area contributed by atoms with E-state index < -0.39 is 0 Å². The molecule has 0 heterocycles. The lowest BCUT2D eigenvalue weighted by Crippen LogP contribution is -2.14. The third kappa shape index (κ3) is 3.88. The Bertz CT molecular complexity index is 578. The van der Waals surface area contributed by atoms with Gasteiger partial charge in [0.25, 0.3) is 0 Å². The molecule has 0 fully saturated rings. The van der Waals surface area contributed by atoms with Crippen molar-refractivity contribution in [3.05, 3.63) is 67.9 Å². The highest BCUT2D eigenvalue weighted by Crippen LogP contribution is 2.26. The normalized spacial score (nSPS) is 12.5. The Hall–Kier alpha value is -0.710. The van der Waals surface area contributed by atoms with Crippen molar-refractivity contribution in [2.75, 3.05) is 0 Å². The van der Waals surface area contributed by atoms with Crippen LogP contribution in [0, 0.1) is 12.7 Å². The molecule has 0 amide bonds. The molecule has 0 aliphatic heterocycles. The van der Waals surface area contributed by atoms with Crippen LogP contribution >= 0.6 is 31.9 Å². The van der Waals surface area contributed by atoms with Crippen molar-refractivity contribution in [2.24, 2.45) is 5.73 Å². The molecule has 2 N–H and O–H groups in total. The Balaban J connectivity index is 2.22. The van der Waals surface area contributed by atoms with Crippen molar-refractivity contribution in [2.45, 2.75) is 19.4 Å². The van der Waals surface area contributed by atoms with Gasteiger partial charge in [-0.2, -0.15) is 0 Å². The minimum absolute atomic E-state index is 0.113. The van der Waals surface area contributed by atoms with Gasteiger partial charge in [-0.15, -0.1) is 0 Å². The Labute approximate surface area is 129 Å². The van der Waals surface area contributed by atoms with Gasteiger partial charge in [-0.1, -0.05) is 37.9 Å². The quantitative estimate of drug-likeness (QED) is 0.797. The van der Waals surface area contributed by atoms with Gasteiger partial charge in [0.15, 0.2) is 0 Å². The van der Waals surface area contributed by atoms with E-state index in [1.54, 1.807) is 12.1 Å². The molecule has 1 unspecified atom stereocenters. The van der Waals surface area contributed by atoms with Crippen LogP contribution in [-0.4, -0.2) is 0 Å². The highest BCUT2D eigenvalue weighted by Gasteiger charge is 2.10. The topological polar surface area (TPSA) is 26.0 Å². The second kappa shape index (κ2) is 6.16. The average molecular weight is 387 g/mol. The first-order valence-corrected chi connectivity index (χ1v) is 7.51. The van der Waals surface area contributed by atoms with Gasteiger partial charge in [0, 0.05) is 15.0 Å². The molecule has 0 spiro atoms. The first kappa shape index (κ1) is 14.7. The van der Waals surface area contributed by atoms with Crippen LogP contribution in [0.5, 0.6) is 0 Å². The van der Waals surface area contributed by atoms with Crippen molar-refractivity contribution in [1.29, 1.82) is 0 Å². The maximum atomic E-state index is 13.1. The second-order valence-corrected chi connectivity index (χ2v) is 6.42. The average Bonchev–Trinajstić information content (AvgIpc) is 2.31. The van der Waals surface area contributed by atoms with Crippen LogP contribution < -0.4 is 5.73 Å². The summed E-state index contributed by atoms with van der Waals surface area (Å²) < 4.78 is 15.0. The maximum Gasteiger partial charge on any atom is 0.123 e. The molecule has 0 saturated carbocycles. The second-order valence-electron chi connectivity index (χ2n) is 4.58. The molecule has 0 aliphatic rings. The molecule has 2 aromatic carbocycles. The Morgan fingerprint density at radius 3 is 2.32 bits per heavy atom. The lowest BCUT2D eigenvalue weighted by atomic mass is 9.97. The zero-order valence-corrected chi connectivity index (χ0v) is 13.6. The van der Waals surface area contributed by atoms with Crippen molar-refractivity contribution in [3.8, 4) is 0 Å². The summed E-state index contributed by atoms with van der Waals surface area (Å²) in [5, 5.41) is 0. The number of rotatable bonds is 3. The van der Waals surface area contributed by atoms with E-state index in [0.29, 0.717) is 6.42 Å². The molecule has 2 rings (SSSR count). The minimum Gasteiger partial charge on any atom is -0.324 e. The van der Waals surface area contributed by atoms with Crippen molar-refractivity contribution < 1.29 is 4.39 Å². The molecule has 4 heteroatoms. The summed E-state index contributed by atoms with van der Waals surface area (Å²) in [7, 11) is 0. The number of benzene rings is 2. The molecule has 100 valence electrons. The number of hydrogen-bond acceptors (Lipinski definition) is 1. The minimum atomic E-state index is -0.208. The molecule has 0 aliphatic carbocycles. The summed E-state index contributed by atoms with van der Waals surface area (Å²) in [6, 6.07) is 10.7. The monoisotopic (exact) mass is 385 g/mol. The van der Waals surface area contributed by atoms with Crippen molar-refractivity contribution in [1.82, 2.24) is 0 Å². The zero-order chi connectivity index (χ0) is 14.0. The molecule has 0 radical (unpaired) electrons. The summed E-state index contributed by atoms with van der Waals surface area (Å²) in [5.41, 5.74) is 9.29. The molecular weight excluding hydrogens is 373 g/mol. The number of aryl methyl sites for hydroxylation is 1. The Kier molecular flexibility index (Phi) is 4.76. The van der Waals surface area contributed by atoms with E-state index in [0.717, 1.165) is 25.6 Å². The molecule has 0 bridgehead atoms. The summed E-state index contributed by atoms with van der Waals surface area (Å²) >= 11 is 6.91. The van der Waals surface area contributed by atoms with Crippen LogP contribution in [0.3, 0.4) is 0 Å². The van der Waals surface area contributed by atoms with Gasteiger partial charge in [-0.25, -0.2) is 4.39 Å². The molecule has 1 nitrogen and oxygen atoms in total. The SMILES string of the molecule is Cc1cc(F)ccc1CC(N)c1cc(Br)cc(Br)c1. The zero-order valence-electron chi connectivity index (χ0n) is 10.5. The van der Waals surface area contributed by atoms with Gasteiger partial charge in [-0.3, -0.25) is 0 Å². The van der Waals surface area contributed by atoms with Gasteiger partial charge < -0.3 is 5.73 Å². The first-order chi connectivity index (χ1) is 8.95. The predicted octanol–water partition coefficient (Wildman–Crippen LogP) is 4.90. The standard InChI is InChI=1S/C15H14Br2FN/c1-9-4-14(18)3-2-10(9)7-15(19)11-5-12(16)8-13(17)6-11/h2-6,8,15H,7,19H2,1H3. The fourth-order valence-corrected chi connectivity index (χ4v) is 3.36. The fraction of sp³-hybridized carbons (Fsp3) is 0.200. The lowest BCUT2D eigenvalue weighted by molar-refractivity contribution is 0.624. The predicted molar refractivity (Wildman–Crippen MR) is 83.6 cm³/mol. The highest BCUT2D eigenvalue weighted by molar-refractivity contribution is 9.11. The van der Waals surface area contributed by atoms with E-state index in [1.165, 1.54) is 6.07 Å². The molecule has 19 heavy (non-hydrogen) atoms. The number of halogens is 3. The largest absolute Gasteiger partial charge is 0.324 e. The van der Waals surface area contributed by atoms with Gasteiger partial charge in [0.1, 0.15) is 5.82 Å². The Morgan fingerprint density at radius 1 is 1.11 bits per heavy atom. The number of nitrogens with two attached hydrogens (primary N) is 1. The van der Waals surface area contributed by atoms with Crippen LogP contribution in [0.1, 0.15) is 22.7 Å². The smallest absolute Gasteiger partial charge is 0.123 e. The van der Waals surface area contributed by atoms with E-state index in [4.69, 9.17) is 5.73 Å². The third-order valence-corrected chi connectivity index (χ3v) is 3.97. The number of hydrogen-bond donors (Lipinski definition) is 1. The van der Waals surface area contributed by atoms with E-state index >= 15 is 0 Å². The van der Waals surface area contributed by atoms with Crippen LogP contribution in [0.25, 0.3) is 0 Å². The lowest BCUT2D eigenvalue weighted by Gasteiger charge is -2.15. The van der Waals surface area contributed by atoms with E-state index in [9.17, 15) is 4.39 Å². The van der Waals surface area contributed by atoms with Gasteiger partial charge in [0.2, 0.25) is 0 Å². The van der Waals surface area contributed by atoms with Crippen LogP contribution in [0.15, 0.2) is 45.3 Å². The van der Waals surface area contributed by atoms with Crippen LogP contribution in [-0.2, 0) is 6.42 Å². The molecule has 0 saturated heterocycles.